The Hall–Kier alpha value is -4.03. The van der Waals surface area contributed by atoms with Gasteiger partial charge < -0.3 is 44.3 Å². The molecule has 5 rings (SSSR count). The fraction of sp³-hybridized carbons (Fsp3) is 0.714. The highest BCUT2D eigenvalue weighted by molar-refractivity contribution is 6.08. The van der Waals surface area contributed by atoms with Crippen molar-refractivity contribution in [2.75, 3.05) is 33.5 Å². The lowest BCUT2D eigenvalue weighted by Crippen LogP contribution is -2.61. The number of halogens is 1. The quantitative estimate of drug-likeness (QED) is 0.149. The number of ketones is 2. The average Bonchev–Trinajstić information content (AvgIpc) is 3.76. The Bertz CT molecular complexity index is 1840. The number of anilines is 1. The van der Waals surface area contributed by atoms with E-state index in [9.17, 15) is 24.3 Å². The summed E-state index contributed by atoms with van der Waals surface area (Å²) in [5.41, 5.74) is 1.78. The SMILES string of the molecule is CO[C@@]1(C)C[C@@H](C)C(=O)[C@H](C)[C@H]2N(CCCCn3cc(-c4cccc(N)c4)nn3)C(=O)O[C@]2(C)[C@@H](C)OC(=O)[C@@](C)(F)C(=O)[C@H](C)[C@H]1O[C@@H]1O[C@H](C)C[C@H](N(C)C)[C@H]1O. The van der Waals surface area contributed by atoms with Crippen LogP contribution in [0.5, 0.6) is 0 Å². The maximum absolute atomic E-state index is 16.8. The molecule has 3 N–H and O–H groups in total. The first-order valence-corrected chi connectivity index (χ1v) is 20.5. The Morgan fingerprint density at radius 2 is 1.71 bits per heavy atom. The number of ether oxygens (including phenoxy) is 5. The molecule has 1 aromatic carbocycles. The number of nitrogens with zero attached hydrogens (tertiary/aromatic N) is 5. The van der Waals surface area contributed by atoms with E-state index in [1.165, 1.54) is 25.9 Å². The number of alkyl halides is 1. The van der Waals surface area contributed by atoms with Gasteiger partial charge in [-0.3, -0.25) is 14.3 Å². The Morgan fingerprint density at radius 1 is 1.03 bits per heavy atom. The number of unbranched alkanes of at least 4 members (excludes halogenated alkanes) is 1. The molecule has 0 spiro atoms. The second-order valence-corrected chi connectivity index (χ2v) is 17.5. The van der Waals surface area contributed by atoms with E-state index < -0.39 is 83.1 Å². The number of amides is 1. The van der Waals surface area contributed by atoms with Gasteiger partial charge in [0.15, 0.2) is 17.7 Å². The van der Waals surface area contributed by atoms with Crippen LogP contribution in [0.3, 0.4) is 0 Å². The number of aryl methyl sites for hydroxylation is 1. The summed E-state index contributed by atoms with van der Waals surface area (Å²) < 4.78 is 48.7. The average molecular weight is 831 g/mol. The van der Waals surface area contributed by atoms with E-state index in [1.807, 2.05) is 50.3 Å². The predicted molar refractivity (Wildman–Crippen MR) is 214 cm³/mol. The van der Waals surface area contributed by atoms with Crippen LogP contribution in [-0.2, 0) is 44.6 Å². The molecule has 0 radical (unpaired) electrons. The second-order valence-electron chi connectivity index (χ2n) is 17.5. The van der Waals surface area contributed by atoms with Gasteiger partial charge in [-0.25, -0.2) is 14.0 Å². The molecule has 0 unspecified atom stereocenters. The maximum atomic E-state index is 16.8. The topological polar surface area (TPSA) is 198 Å². The number of cyclic esters (lactones) is 1. The number of aliphatic hydroxyl groups excluding tert-OH is 1. The molecule has 4 heterocycles. The van der Waals surface area contributed by atoms with Crippen molar-refractivity contribution in [3.8, 4) is 11.3 Å². The monoisotopic (exact) mass is 830 g/mol. The third-order valence-electron chi connectivity index (χ3n) is 12.8. The minimum atomic E-state index is -3.19. The molecule has 17 heteroatoms. The fourth-order valence-corrected chi connectivity index (χ4v) is 9.12. The minimum absolute atomic E-state index is 0.0128. The lowest BCUT2D eigenvalue weighted by molar-refractivity contribution is -0.295. The van der Waals surface area contributed by atoms with Gasteiger partial charge in [-0.05, 0) is 86.5 Å². The molecule has 328 valence electrons. The van der Waals surface area contributed by atoms with Gasteiger partial charge in [-0.15, -0.1) is 5.10 Å². The molecule has 3 aliphatic rings. The Kier molecular flexibility index (Phi) is 14.0. The number of methoxy groups -OCH3 is 1. The van der Waals surface area contributed by atoms with E-state index in [0.29, 0.717) is 37.2 Å². The lowest BCUT2D eigenvalue weighted by Gasteiger charge is -2.47. The standard InChI is InChI=1S/C42H63FN6O10/c1-23-21-40(6,55-11)36(58-37-33(51)31(47(9)10)19-24(2)56-37)26(4)35(52)41(7,43)38(53)57-27(5)42(8)34(25(3)32(23)50)49(39(54)59-42)18-13-12-17-48-22-30(45-46-48)28-15-14-16-29(44)20-28/h14-16,20,22-27,31,33-34,36-37,51H,12-13,17-19,21,44H2,1-11H3/t23-,24-,25+,26+,27-,31+,33-,34-,36-,37+,40+,41+,42-/m1/s1. The Balaban J connectivity index is 1.43. The highest BCUT2D eigenvalue weighted by atomic mass is 19.1. The first-order valence-electron chi connectivity index (χ1n) is 20.5. The van der Waals surface area contributed by atoms with Crippen molar-refractivity contribution in [2.45, 2.75) is 147 Å². The van der Waals surface area contributed by atoms with Gasteiger partial charge >= 0.3 is 12.1 Å². The summed E-state index contributed by atoms with van der Waals surface area (Å²) in [6, 6.07) is 6.01. The van der Waals surface area contributed by atoms with E-state index >= 15 is 4.39 Å². The molecule has 3 saturated heterocycles. The number of aliphatic hydroxyl groups is 1. The first kappa shape index (κ1) is 46.0. The molecule has 1 amide bonds. The number of aromatic nitrogens is 3. The van der Waals surface area contributed by atoms with Crippen molar-refractivity contribution in [2.24, 2.45) is 17.8 Å². The second kappa shape index (κ2) is 17.9. The molecule has 3 aliphatic heterocycles. The minimum Gasteiger partial charge on any atom is -0.456 e. The molecular formula is C42H63FN6O10. The molecule has 2 aromatic rings. The van der Waals surface area contributed by atoms with Crippen LogP contribution in [0.15, 0.2) is 30.5 Å². The first-order chi connectivity index (χ1) is 27.5. The maximum Gasteiger partial charge on any atom is 0.410 e. The zero-order chi connectivity index (χ0) is 43.8. The number of nitrogens with two attached hydrogens (primary N) is 1. The summed E-state index contributed by atoms with van der Waals surface area (Å²) in [4.78, 5) is 59.6. The number of benzene rings is 1. The number of rotatable bonds is 10. The number of nitrogen functional groups attached to an aromatic ring is 1. The number of esters is 1. The molecule has 1 aromatic heterocycles. The van der Waals surface area contributed by atoms with Crippen molar-refractivity contribution < 1.29 is 52.4 Å². The van der Waals surface area contributed by atoms with E-state index in [4.69, 9.17) is 29.4 Å². The highest BCUT2D eigenvalue weighted by Crippen LogP contribution is 2.43. The molecule has 0 bridgehead atoms. The third-order valence-corrected chi connectivity index (χ3v) is 12.8. The summed E-state index contributed by atoms with van der Waals surface area (Å²) in [6.07, 6.45) is -2.72. The van der Waals surface area contributed by atoms with Gasteiger partial charge in [0, 0.05) is 55.2 Å². The van der Waals surface area contributed by atoms with E-state index in [2.05, 4.69) is 10.3 Å². The number of fused-ring (bicyclic) bond motifs is 1. The number of carbonyl (C=O) groups excluding carboxylic acids is 4. The zero-order valence-corrected chi connectivity index (χ0v) is 36.2. The van der Waals surface area contributed by atoms with Crippen molar-refractivity contribution in [1.29, 1.82) is 0 Å². The van der Waals surface area contributed by atoms with Crippen LogP contribution in [0.25, 0.3) is 11.3 Å². The summed E-state index contributed by atoms with van der Waals surface area (Å²) >= 11 is 0. The van der Waals surface area contributed by atoms with Crippen LogP contribution in [-0.4, -0.2) is 141 Å². The van der Waals surface area contributed by atoms with E-state index in [-0.39, 0.29) is 30.9 Å². The molecule has 13 atom stereocenters. The molecule has 16 nitrogen and oxygen atoms in total. The molecular weight excluding hydrogens is 767 g/mol. The van der Waals surface area contributed by atoms with Gasteiger partial charge in [0.05, 0.1) is 30.0 Å². The highest BCUT2D eigenvalue weighted by Gasteiger charge is 2.61. The molecule has 3 fully saturated rings. The Morgan fingerprint density at radius 3 is 2.36 bits per heavy atom. The van der Waals surface area contributed by atoms with Crippen LogP contribution < -0.4 is 5.73 Å². The van der Waals surface area contributed by atoms with Crippen LogP contribution >= 0.6 is 0 Å². The van der Waals surface area contributed by atoms with Gasteiger partial charge in [0.2, 0.25) is 0 Å². The third kappa shape index (κ3) is 9.33. The Labute approximate surface area is 346 Å². The number of hydrogen-bond donors (Lipinski definition) is 2. The smallest absolute Gasteiger partial charge is 0.410 e. The zero-order valence-electron chi connectivity index (χ0n) is 36.2. The van der Waals surface area contributed by atoms with Crippen LogP contribution in [0.4, 0.5) is 14.9 Å². The van der Waals surface area contributed by atoms with Gasteiger partial charge in [0.25, 0.3) is 5.67 Å². The number of hydrogen-bond acceptors (Lipinski definition) is 14. The van der Waals surface area contributed by atoms with Gasteiger partial charge in [0.1, 0.15) is 23.7 Å². The largest absolute Gasteiger partial charge is 0.456 e. The fourth-order valence-electron chi connectivity index (χ4n) is 9.12. The summed E-state index contributed by atoms with van der Waals surface area (Å²) in [6.45, 7) is 12.8. The van der Waals surface area contributed by atoms with E-state index in [0.717, 1.165) is 12.5 Å². The van der Waals surface area contributed by atoms with Crippen molar-refractivity contribution in [3.05, 3.63) is 30.5 Å². The van der Waals surface area contributed by atoms with Crippen LogP contribution in [0.1, 0.15) is 81.1 Å². The normalized spacial score (nSPS) is 37.6. The van der Waals surface area contributed by atoms with Crippen molar-refractivity contribution in [3.63, 3.8) is 0 Å². The van der Waals surface area contributed by atoms with Crippen molar-refractivity contribution in [1.82, 2.24) is 24.8 Å². The number of Topliss-reactive ketones (excluding diaryl/α,β-unsaturated/α-hetero) is 2. The molecule has 0 saturated carbocycles. The van der Waals surface area contributed by atoms with Crippen molar-refractivity contribution >= 4 is 29.3 Å². The van der Waals surface area contributed by atoms with Crippen LogP contribution in [0, 0.1) is 17.8 Å². The number of likely N-dealkylation sites (N-methyl/N-ethyl adjacent to an activating group) is 1. The van der Waals surface area contributed by atoms with Crippen LogP contribution in [0.2, 0.25) is 0 Å². The van der Waals surface area contributed by atoms with Gasteiger partial charge in [-0.1, -0.05) is 38.1 Å². The summed E-state index contributed by atoms with van der Waals surface area (Å²) in [5.74, 6) is -5.88. The predicted octanol–water partition coefficient (Wildman–Crippen LogP) is 4.21. The molecule has 0 aliphatic carbocycles. The number of carbonyl (C=O) groups is 4. The molecule has 59 heavy (non-hydrogen) atoms. The lowest BCUT2D eigenvalue weighted by atomic mass is 9.73. The summed E-state index contributed by atoms with van der Waals surface area (Å²) in [5, 5.41) is 19.9. The van der Waals surface area contributed by atoms with E-state index in [1.54, 1.807) is 38.4 Å². The van der Waals surface area contributed by atoms with Gasteiger partial charge in [-0.2, -0.15) is 0 Å². The summed E-state index contributed by atoms with van der Waals surface area (Å²) in [7, 11) is 5.03.